The number of hydrogen-bond acceptors (Lipinski definition) is 0. The second-order valence-electron chi connectivity index (χ2n) is 3.55. The summed E-state index contributed by atoms with van der Waals surface area (Å²) in [5.74, 6) is 0.621. The first kappa shape index (κ1) is 10.8. The molecule has 0 aliphatic carbocycles. The minimum absolute atomic E-state index is 0.621. The van der Waals surface area contributed by atoms with E-state index in [1.807, 2.05) is 0 Å². The summed E-state index contributed by atoms with van der Waals surface area (Å²) in [5, 5.41) is 1.04. The van der Waals surface area contributed by atoms with Crippen molar-refractivity contribution in [1.82, 2.24) is 0 Å². The molecule has 0 aliphatic heterocycles. The highest BCUT2D eigenvalue weighted by Crippen LogP contribution is 2.18. The average molecular weight is 241 g/mol. The van der Waals surface area contributed by atoms with Gasteiger partial charge in [0.15, 0.2) is 0 Å². The summed E-state index contributed by atoms with van der Waals surface area (Å²) >= 11 is 3.50. The van der Waals surface area contributed by atoms with Gasteiger partial charge in [0.05, 0.1) is 0 Å². The molecule has 0 amide bonds. The monoisotopic (exact) mass is 240 g/mol. The molecule has 0 N–H and O–H groups in total. The minimum atomic E-state index is 0.621. The Labute approximate surface area is 89.5 Å². The van der Waals surface area contributed by atoms with Gasteiger partial charge < -0.3 is 0 Å². The highest BCUT2D eigenvalue weighted by molar-refractivity contribution is 9.09. The van der Waals surface area contributed by atoms with Crippen molar-refractivity contribution in [3.63, 3.8) is 0 Å². The van der Waals surface area contributed by atoms with Crippen molar-refractivity contribution in [1.29, 1.82) is 0 Å². The van der Waals surface area contributed by atoms with Crippen LogP contribution in [0.4, 0.5) is 0 Å². The van der Waals surface area contributed by atoms with Crippen LogP contribution in [0.1, 0.15) is 37.3 Å². The summed E-state index contributed by atoms with van der Waals surface area (Å²) in [4.78, 5) is 0. The van der Waals surface area contributed by atoms with Crippen LogP contribution in [0, 0.1) is 0 Å². The van der Waals surface area contributed by atoms with E-state index in [1.54, 1.807) is 0 Å². The molecule has 0 heterocycles. The first-order chi connectivity index (χ1) is 6.27. The highest BCUT2D eigenvalue weighted by atomic mass is 79.9. The van der Waals surface area contributed by atoms with Crippen LogP contribution in [0.15, 0.2) is 24.3 Å². The van der Waals surface area contributed by atoms with E-state index in [-0.39, 0.29) is 0 Å². The summed E-state index contributed by atoms with van der Waals surface area (Å²) in [7, 11) is 0. The summed E-state index contributed by atoms with van der Waals surface area (Å²) in [6.07, 6.45) is 2.43. The molecule has 0 aliphatic rings. The lowest BCUT2D eigenvalue weighted by Crippen LogP contribution is -1.94. The molecular formula is C12H17Br. The Bertz CT molecular complexity index is 238. The molecular weight excluding hydrogens is 224 g/mol. The molecule has 1 unspecified atom stereocenters. The molecule has 1 atom stereocenters. The first-order valence-corrected chi connectivity index (χ1v) is 6.05. The molecule has 1 heteroatoms. The molecule has 1 aromatic carbocycles. The van der Waals surface area contributed by atoms with Gasteiger partial charge in [-0.3, -0.25) is 0 Å². The maximum atomic E-state index is 3.50. The zero-order valence-electron chi connectivity index (χ0n) is 8.39. The Morgan fingerprint density at radius 3 is 2.31 bits per heavy atom. The van der Waals surface area contributed by atoms with Crippen LogP contribution in [-0.4, -0.2) is 5.33 Å². The van der Waals surface area contributed by atoms with E-state index >= 15 is 0 Å². The Morgan fingerprint density at radius 1 is 1.23 bits per heavy atom. The Balaban J connectivity index is 2.69. The molecule has 0 radical (unpaired) electrons. The summed E-state index contributed by atoms with van der Waals surface area (Å²) in [6, 6.07) is 8.99. The second kappa shape index (κ2) is 5.43. The van der Waals surface area contributed by atoms with Crippen LogP contribution in [-0.2, 0) is 6.42 Å². The summed E-state index contributed by atoms with van der Waals surface area (Å²) < 4.78 is 0. The van der Waals surface area contributed by atoms with Crippen LogP contribution < -0.4 is 0 Å². The number of hydrogen-bond donors (Lipinski definition) is 0. The smallest absolute Gasteiger partial charge is 0.00975 e. The average Bonchev–Trinajstić information content (AvgIpc) is 2.18. The summed E-state index contributed by atoms with van der Waals surface area (Å²) in [6.45, 7) is 4.46. The van der Waals surface area contributed by atoms with Crippen molar-refractivity contribution in [3.8, 4) is 0 Å². The van der Waals surface area contributed by atoms with Gasteiger partial charge >= 0.3 is 0 Å². The molecule has 0 saturated carbocycles. The van der Waals surface area contributed by atoms with Crippen molar-refractivity contribution in [2.75, 3.05) is 5.33 Å². The number of aryl methyl sites for hydroxylation is 1. The quantitative estimate of drug-likeness (QED) is 0.695. The molecule has 1 aromatic rings. The SMILES string of the molecule is CCCc1ccc(C(C)CBr)cc1. The molecule has 0 aromatic heterocycles. The van der Waals surface area contributed by atoms with Gasteiger partial charge in [-0.2, -0.15) is 0 Å². The van der Waals surface area contributed by atoms with Crippen molar-refractivity contribution in [3.05, 3.63) is 35.4 Å². The topological polar surface area (TPSA) is 0 Å². The zero-order chi connectivity index (χ0) is 9.68. The van der Waals surface area contributed by atoms with Crippen molar-refractivity contribution >= 4 is 15.9 Å². The maximum Gasteiger partial charge on any atom is 0.00975 e. The Hall–Kier alpha value is -0.300. The second-order valence-corrected chi connectivity index (χ2v) is 4.19. The molecule has 0 saturated heterocycles. The van der Waals surface area contributed by atoms with Crippen LogP contribution in [0.5, 0.6) is 0 Å². The van der Waals surface area contributed by atoms with E-state index in [9.17, 15) is 0 Å². The molecule has 0 bridgehead atoms. The highest BCUT2D eigenvalue weighted by Gasteiger charge is 2.02. The van der Waals surface area contributed by atoms with Crippen LogP contribution in [0.2, 0.25) is 0 Å². The van der Waals surface area contributed by atoms with Crippen LogP contribution in [0.3, 0.4) is 0 Å². The van der Waals surface area contributed by atoms with Gasteiger partial charge in [0, 0.05) is 5.33 Å². The minimum Gasteiger partial charge on any atom is -0.0922 e. The molecule has 13 heavy (non-hydrogen) atoms. The third kappa shape index (κ3) is 3.15. The third-order valence-electron chi connectivity index (χ3n) is 2.32. The Morgan fingerprint density at radius 2 is 1.85 bits per heavy atom. The van der Waals surface area contributed by atoms with Crippen LogP contribution in [0.25, 0.3) is 0 Å². The van der Waals surface area contributed by atoms with Crippen molar-refractivity contribution < 1.29 is 0 Å². The lowest BCUT2D eigenvalue weighted by atomic mass is 10.0. The number of rotatable bonds is 4. The summed E-state index contributed by atoms with van der Waals surface area (Å²) in [5.41, 5.74) is 2.88. The lowest BCUT2D eigenvalue weighted by molar-refractivity contribution is 0.879. The van der Waals surface area contributed by atoms with E-state index in [2.05, 4.69) is 54.0 Å². The van der Waals surface area contributed by atoms with Gasteiger partial charge in [-0.15, -0.1) is 0 Å². The largest absolute Gasteiger partial charge is 0.0922 e. The molecule has 72 valence electrons. The number of benzene rings is 1. The standard InChI is InChI=1S/C12H17Br/c1-3-4-11-5-7-12(8-6-11)10(2)9-13/h5-8,10H,3-4,9H2,1-2H3. The lowest BCUT2D eigenvalue weighted by Gasteiger charge is -2.08. The van der Waals surface area contributed by atoms with Crippen LogP contribution >= 0.6 is 15.9 Å². The molecule has 1 rings (SSSR count). The van der Waals surface area contributed by atoms with Gasteiger partial charge in [0.1, 0.15) is 0 Å². The normalized spacial score (nSPS) is 12.8. The van der Waals surface area contributed by atoms with E-state index in [4.69, 9.17) is 0 Å². The van der Waals surface area contributed by atoms with E-state index < -0.39 is 0 Å². The Kier molecular flexibility index (Phi) is 4.51. The van der Waals surface area contributed by atoms with Crippen molar-refractivity contribution in [2.45, 2.75) is 32.6 Å². The van der Waals surface area contributed by atoms with E-state index in [1.165, 1.54) is 24.0 Å². The molecule has 0 nitrogen and oxygen atoms in total. The van der Waals surface area contributed by atoms with E-state index in [0.29, 0.717) is 5.92 Å². The predicted octanol–water partition coefficient (Wildman–Crippen LogP) is 4.14. The van der Waals surface area contributed by atoms with E-state index in [0.717, 1.165) is 5.33 Å². The predicted molar refractivity (Wildman–Crippen MR) is 62.6 cm³/mol. The molecule has 0 fully saturated rings. The zero-order valence-corrected chi connectivity index (χ0v) is 9.97. The fourth-order valence-corrected chi connectivity index (χ4v) is 1.76. The number of halogens is 1. The third-order valence-corrected chi connectivity index (χ3v) is 3.29. The number of alkyl halides is 1. The first-order valence-electron chi connectivity index (χ1n) is 4.92. The fourth-order valence-electron chi connectivity index (χ4n) is 1.39. The van der Waals surface area contributed by atoms with Gasteiger partial charge in [-0.25, -0.2) is 0 Å². The maximum absolute atomic E-state index is 3.50. The van der Waals surface area contributed by atoms with Gasteiger partial charge in [-0.1, -0.05) is 60.5 Å². The molecule has 0 spiro atoms. The fraction of sp³-hybridized carbons (Fsp3) is 0.500. The van der Waals surface area contributed by atoms with Gasteiger partial charge in [-0.05, 0) is 23.5 Å². The van der Waals surface area contributed by atoms with Crippen molar-refractivity contribution in [2.24, 2.45) is 0 Å². The van der Waals surface area contributed by atoms with Gasteiger partial charge in [0.2, 0.25) is 0 Å². The van der Waals surface area contributed by atoms with Gasteiger partial charge in [0.25, 0.3) is 0 Å².